The van der Waals surface area contributed by atoms with Crippen LogP contribution in [0.5, 0.6) is 5.75 Å². The van der Waals surface area contributed by atoms with Crippen molar-refractivity contribution in [1.29, 1.82) is 0 Å². The van der Waals surface area contributed by atoms with E-state index in [2.05, 4.69) is 32.9 Å². The molecule has 0 fully saturated rings. The second-order valence-electron chi connectivity index (χ2n) is 5.28. The molecule has 0 spiro atoms. The monoisotopic (exact) mass is 281 g/mol. The summed E-state index contributed by atoms with van der Waals surface area (Å²) in [5, 5.41) is 2.02. The van der Waals surface area contributed by atoms with E-state index in [0.717, 1.165) is 10.6 Å². The largest absolute Gasteiger partial charge is 0.496 e. The predicted octanol–water partition coefficient (Wildman–Crippen LogP) is 4.16. The van der Waals surface area contributed by atoms with Crippen molar-refractivity contribution in [2.45, 2.75) is 32.2 Å². The summed E-state index contributed by atoms with van der Waals surface area (Å²) >= 11 is 3.44. The fraction of sp³-hybridized carbons (Fsp3) is 0.429. The van der Waals surface area contributed by atoms with Crippen LogP contribution in [0.4, 0.5) is 0 Å². The van der Waals surface area contributed by atoms with E-state index < -0.39 is 0 Å². The second-order valence-corrected chi connectivity index (χ2v) is 7.35. The molecule has 0 amide bonds. The summed E-state index contributed by atoms with van der Waals surface area (Å²) in [6.07, 6.45) is 0. The van der Waals surface area contributed by atoms with E-state index in [4.69, 9.17) is 10.5 Å². The summed E-state index contributed by atoms with van der Waals surface area (Å²) in [5.74, 6) is 0.887. The average molecular weight is 281 g/mol. The zero-order chi connectivity index (χ0) is 13.3. The van der Waals surface area contributed by atoms with Crippen LogP contribution in [0.1, 0.15) is 41.4 Å². The van der Waals surface area contributed by atoms with Gasteiger partial charge < -0.3 is 10.5 Å². The summed E-state index contributed by atoms with van der Waals surface area (Å²) in [5.41, 5.74) is 6.52. The summed E-state index contributed by atoms with van der Waals surface area (Å²) in [7, 11) is 1.69. The van der Waals surface area contributed by atoms with Crippen LogP contribution in [0.15, 0.2) is 23.6 Å². The van der Waals surface area contributed by atoms with E-state index in [1.54, 1.807) is 29.8 Å². The summed E-state index contributed by atoms with van der Waals surface area (Å²) in [6.45, 7) is 6.67. The summed E-state index contributed by atoms with van der Waals surface area (Å²) in [6, 6.07) is 6.20. The second kappa shape index (κ2) is 5.03. The highest BCUT2D eigenvalue weighted by atomic mass is 32.1. The molecule has 0 saturated heterocycles. The van der Waals surface area contributed by atoms with Gasteiger partial charge in [0.25, 0.3) is 0 Å². The molecule has 0 aliphatic rings. The zero-order valence-electron chi connectivity index (χ0n) is 11.2. The van der Waals surface area contributed by atoms with Crippen molar-refractivity contribution in [3.8, 4) is 5.75 Å². The van der Waals surface area contributed by atoms with Crippen molar-refractivity contribution in [3.05, 3.63) is 38.2 Å². The molecule has 2 N–H and O–H groups in total. The molecule has 0 aliphatic carbocycles. The van der Waals surface area contributed by atoms with E-state index in [1.807, 2.05) is 11.4 Å². The quantitative estimate of drug-likeness (QED) is 0.916. The fourth-order valence-electron chi connectivity index (χ4n) is 1.76. The predicted molar refractivity (Wildman–Crippen MR) is 79.9 cm³/mol. The van der Waals surface area contributed by atoms with Crippen molar-refractivity contribution in [1.82, 2.24) is 0 Å². The molecular formula is C14H19NOS2. The van der Waals surface area contributed by atoms with Crippen LogP contribution in [-0.2, 0) is 5.41 Å². The highest BCUT2D eigenvalue weighted by Crippen LogP contribution is 2.38. The van der Waals surface area contributed by atoms with Crippen LogP contribution in [-0.4, -0.2) is 7.11 Å². The minimum absolute atomic E-state index is 0.0824. The van der Waals surface area contributed by atoms with Gasteiger partial charge in [-0.1, -0.05) is 20.8 Å². The third-order valence-corrected chi connectivity index (χ3v) is 5.41. The van der Waals surface area contributed by atoms with Gasteiger partial charge in [0.15, 0.2) is 0 Å². The minimum atomic E-state index is -0.0824. The Morgan fingerprint density at radius 3 is 2.50 bits per heavy atom. The first-order valence-corrected chi connectivity index (χ1v) is 7.60. The average Bonchev–Trinajstić information content (AvgIpc) is 2.96. The Hall–Kier alpha value is -0.840. The van der Waals surface area contributed by atoms with E-state index in [0.29, 0.717) is 0 Å². The van der Waals surface area contributed by atoms with Crippen molar-refractivity contribution in [2.75, 3.05) is 7.11 Å². The lowest BCUT2D eigenvalue weighted by atomic mass is 9.95. The standard InChI is InChI=1S/C14H19NOS2/c1-14(2,3)11-6-5-10(18-11)12(15)13-9(16-4)7-8-17-13/h5-8,12H,15H2,1-4H3. The van der Waals surface area contributed by atoms with Crippen LogP contribution >= 0.6 is 22.7 Å². The van der Waals surface area contributed by atoms with E-state index in [1.165, 1.54) is 9.75 Å². The van der Waals surface area contributed by atoms with Gasteiger partial charge in [-0.2, -0.15) is 0 Å². The molecule has 2 nitrogen and oxygen atoms in total. The molecule has 0 aliphatic heterocycles. The molecular weight excluding hydrogens is 262 g/mol. The molecule has 2 rings (SSSR count). The lowest BCUT2D eigenvalue weighted by Gasteiger charge is -2.16. The van der Waals surface area contributed by atoms with Gasteiger partial charge in [-0.15, -0.1) is 22.7 Å². The Morgan fingerprint density at radius 2 is 1.94 bits per heavy atom. The SMILES string of the molecule is COc1ccsc1C(N)c1ccc(C(C)(C)C)s1. The van der Waals surface area contributed by atoms with Gasteiger partial charge in [-0.3, -0.25) is 0 Å². The third kappa shape index (κ3) is 2.60. The van der Waals surface area contributed by atoms with Crippen LogP contribution < -0.4 is 10.5 Å². The molecule has 0 aromatic carbocycles. The Morgan fingerprint density at radius 1 is 1.22 bits per heavy atom. The number of thiophene rings is 2. The van der Waals surface area contributed by atoms with Crippen molar-refractivity contribution < 1.29 is 4.74 Å². The number of rotatable bonds is 3. The Bertz CT molecular complexity index is 522. The first-order valence-electron chi connectivity index (χ1n) is 5.90. The molecule has 4 heteroatoms. The van der Waals surface area contributed by atoms with E-state index >= 15 is 0 Å². The van der Waals surface area contributed by atoms with Gasteiger partial charge in [0.2, 0.25) is 0 Å². The van der Waals surface area contributed by atoms with Crippen molar-refractivity contribution >= 4 is 22.7 Å². The Kier molecular flexibility index (Phi) is 3.80. The molecule has 98 valence electrons. The number of hydrogen-bond donors (Lipinski definition) is 1. The smallest absolute Gasteiger partial charge is 0.134 e. The normalized spacial score (nSPS) is 13.6. The van der Waals surface area contributed by atoms with Crippen LogP contribution in [0.25, 0.3) is 0 Å². The van der Waals surface area contributed by atoms with Crippen molar-refractivity contribution in [3.63, 3.8) is 0 Å². The fourth-order valence-corrected chi connectivity index (χ4v) is 3.79. The zero-order valence-corrected chi connectivity index (χ0v) is 12.8. The summed E-state index contributed by atoms with van der Waals surface area (Å²) < 4.78 is 5.34. The molecule has 2 heterocycles. The van der Waals surface area contributed by atoms with Gasteiger partial charge in [-0.05, 0) is 29.0 Å². The first-order chi connectivity index (χ1) is 8.43. The number of methoxy groups -OCH3 is 1. The lowest BCUT2D eigenvalue weighted by molar-refractivity contribution is 0.411. The minimum Gasteiger partial charge on any atom is -0.496 e. The first kappa shape index (κ1) is 13.6. The number of hydrogen-bond acceptors (Lipinski definition) is 4. The van der Waals surface area contributed by atoms with Gasteiger partial charge in [0, 0.05) is 9.75 Å². The summed E-state index contributed by atoms with van der Waals surface area (Å²) in [4.78, 5) is 3.66. The van der Waals surface area contributed by atoms with Gasteiger partial charge in [-0.25, -0.2) is 0 Å². The van der Waals surface area contributed by atoms with Crippen LogP contribution in [0.2, 0.25) is 0 Å². The maximum absolute atomic E-state index is 6.33. The highest BCUT2D eigenvalue weighted by Gasteiger charge is 2.21. The van der Waals surface area contributed by atoms with Gasteiger partial charge in [0.1, 0.15) is 5.75 Å². The highest BCUT2D eigenvalue weighted by molar-refractivity contribution is 7.13. The maximum atomic E-state index is 6.33. The molecule has 2 aromatic heterocycles. The van der Waals surface area contributed by atoms with E-state index in [-0.39, 0.29) is 11.5 Å². The molecule has 0 bridgehead atoms. The van der Waals surface area contributed by atoms with Gasteiger partial charge >= 0.3 is 0 Å². The Labute approximate surface area is 116 Å². The van der Waals surface area contributed by atoms with Crippen LogP contribution in [0.3, 0.4) is 0 Å². The molecule has 0 saturated carbocycles. The topological polar surface area (TPSA) is 35.2 Å². The van der Waals surface area contributed by atoms with Gasteiger partial charge in [0.05, 0.1) is 18.0 Å². The Balaban J connectivity index is 2.29. The number of ether oxygens (including phenoxy) is 1. The maximum Gasteiger partial charge on any atom is 0.134 e. The molecule has 2 aromatic rings. The molecule has 0 radical (unpaired) electrons. The molecule has 1 unspecified atom stereocenters. The molecule has 18 heavy (non-hydrogen) atoms. The molecule has 1 atom stereocenters. The number of nitrogens with two attached hydrogens (primary N) is 1. The van der Waals surface area contributed by atoms with E-state index in [9.17, 15) is 0 Å². The van der Waals surface area contributed by atoms with Crippen LogP contribution in [0, 0.1) is 0 Å². The lowest BCUT2D eigenvalue weighted by Crippen LogP contribution is -2.10. The third-order valence-electron chi connectivity index (χ3n) is 2.83. The van der Waals surface area contributed by atoms with Crippen molar-refractivity contribution in [2.24, 2.45) is 5.73 Å².